The lowest BCUT2D eigenvalue weighted by molar-refractivity contribution is -0.119. The molecule has 0 radical (unpaired) electrons. The van der Waals surface area contributed by atoms with Crippen molar-refractivity contribution in [3.63, 3.8) is 0 Å². The van der Waals surface area contributed by atoms with Crippen LogP contribution >= 0.6 is 0 Å². The van der Waals surface area contributed by atoms with Crippen LogP contribution in [-0.2, 0) is 28.9 Å². The normalized spacial score (nSPS) is 17.0. The molecule has 168 valence electrons. The molecule has 1 aromatic heterocycles. The molecule has 9 nitrogen and oxygen atoms in total. The third-order valence-electron chi connectivity index (χ3n) is 5.67. The van der Waals surface area contributed by atoms with Crippen LogP contribution in [0.5, 0.6) is 0 Å². The fourth-order valence-corrected chi connectivity index (χ4v) is 5.62. The molecule has 3 aromatic rings. The molecule has 0 spiro atoms. The van der Waals surface area contributed by atoms with E-state index < -0.39 is 38.9 Å². The van der Waals surface area contributed by atoms with Crippen LogP contribution in [0.4, 0.5) is 10.1 Å². The average molecular weight is 460 g/mol. The zero-order valence-corrected chi connectivity index (χ0v) is 18.2. The Hall–Kier alpha value is -3.31. The van der Waals surface area contributed by atoms with Crippen molar-refractivity contribution in [3.05, 3.63) is 69.0 Å². The molecule has 0 bridgehead atoms. The topological polar surface area (TPSA) is 110 Å². The Bertz CT molecular complexity index is 1460. The van der Waals surface area contributed by atoms with Crippen molar-refractivity contribution < 1.29 is 17.6 Å². The third kappa shape index (κ3) is 3.63. The summed E-state index contributed by atoms with van der Waals surface area (Å²) in [5.74, 6) is -1.07. The third-order valence-corrected chi connectivity index (χ3v) is 7.57. The van der Waals surface area contributed by atoms with Crippen LogP contribution in [0.15, 0.2) is 56.9 Å². The minimum Gasteiger partial charge on any atom is -0.325 e. The molecule has 0 unspecified atom stereocenters. The van der Waals surface area contributed by atoms with E-state index in [1.165, 1.54) is 55.1 Å². The molecule has 1 saturated heterocycles. The Labute approximate surface area is 182 Å². The van der Waals surface area contributed by atoms with Crippen molar-refractivity contribution in [2.24, 2.45) is 14.1 Å². The van der Waals surface area contributed by atoms with E-state index in [0.29, 0.717) is 18.4 Å². The van der Waals surface area contributed by atoms with Gasteiger partial charge < -0.3 is 14.5 Å². The van der Waals surface area contributed by atoms with Crippen LogP contribution in [0.25, 0.3) is 11.0 Å². The van der Waals surface area contributed by atoms with E-state index in [-0.39, 0.29) is 22.6 Å². The van der Waals surface area contributed by atoms with Crippen molar-refractivity contribution in [1.29, 1.82) is 0 Å². The molecule has 0 aliphatic carbocycles. The summed E-state index contributed by atoms with van der Waals surface area (Å²) < 4.78 is 43.6. The van der Waals surface area contributed by atoms with Gasteiger partial charge in [-0.05, 0) is 49.2 Å². The molecule has 4 rings (SSSR count). The fourth-order valence-electron chi connectivity index (χ4n) is 3.94. The summed E-state index contributed by atoms with van der Waals surface area (Å²) in [4.78, 5) is 36.9. The van der Waals surface area contributed by atoms with Crippen LogP contribution < -0.4 is 16.4 Å². The molecule has 1 amide bonds. The van der Waals surface area contributed by atoms with Crippen LogP contribution in [0.1, 0.15) is 12.8 Å². The number of rotatable bonds is 4. The van der Waals surface area contributed by atoms with Gasteiger partial charge in [0.25, 0.3) is 0 Å². The minimum absolute atomic E-state index is 0.0934. The molecular weight excluding hydrogens is 439 g/mol. The number of aryl methyl sites for hydroxylation is 2. The van der Waals surface area contributed by atoms with Crippen LogP contribution in [-0.4, -0.2) is 40.4 Å². The number of carbonyl (C=O) groups excluding carboxylic acids is 1. The predicted octanol–water partition coefficient (Wildman–Crippen LogP) is 1.17. The first-order chi connectivity index (χ1) is 15.1. The molecular formula is C21H21FN4O5S. The van der Waals surface area contributed by atoms with E-state index in [1.54, 1.807) is 0 Å². The Balaban J connectivity index is 1.70. The van der Waals surface area contributed by atoms with Crippen molar-refractivity contribution in [1.82, 2.24) is 13.4 Å². The number of nitrogens with zero attached hydrogens (tertiary/aromatic N) is 3. The SMILES string of the molecule is Cn1c(=O)c(=O)n(C)c2cc(S(=O)(=O)N3CCC[C@H]3C(=O)Nc3cccc(F)c3)ccc21. The quantitative estimate of drug-likeness (QED) is 0.588. The van der Waals surface area contributed by atoms with Crippen molar-refractivity contribution in [2.75, 3.05) is 11.9 Å². The van der Waals surface area contributed by atoms with Gasteiger partial charge in [0, 0.05) is 26.3 Å². The molecule has 1 fully saturated rings. The van der Waals surface area contributed by atoms with E-state index in [9.17, 15) is 27.2 Å². The molecule has 1 atom stereocenters. The summed E-state index contributed by atoms with van der Waals surface area (Å²) in [6, 6.07) is 8.53. The van der Waals surface area contributed by atoms with E-state index >= 15 is 0 Å². The van der Waals surface area contributed by atoms with Gasteiger partial charge in [-0.25, -0.2) is 12.8 Å². The molecule has 2 aromatic carbocycles. The number of halogens is 1. The van der Waals surface area contributed by atoms with Crippen molar-refractivity contribution in [2.45, 2.75) is 23.8 Å². The number of hydrogen-bond donors (Lipinski definition) is 1. The maximum atomic E-state index is 13.4. The summed E-state index contributed by atoms with van der Waals surface area (Å²) in [7, 11) is -1.25. The average Bonchev–Trinajstić information content (AvgIpc) is 3.27. The first-order valence-electron chi connectivity index (χ1n) is 9.89. The highest BCUT2D eigenvalue weighted by atomic mass is 32.2. The van der Waals surface area contributed by atoms with Gasteiger partial charge in [-0.1, -0.05) is 6.07 Å². The van der Waals surface area contributed by atoms with Crippen LogP contribution in [0, 0.1) is 5.82 Å². The highest BCUT2D eigenvalue weighted by molar-refractivity contribution is 7.89. The lowest BCUT2D eigenvalue weighted by Gasteiger charge is -2.24. The summed E-state index contributed by atoms with van der Waals surface area (Å²) in [6.45, 7) is 0.147. The largest absolute Gasteiger partial charge is 0.325 e. The van der Waals surface area contributed by atoms with E-state index in [1.807, 2.05) is 0 Å². The fraction of sp³-hybridized carbons (Fsp3) is 0.286. The predicted molar refractivity (Wildman–Crippen MR) is 116 cm³/mol. The first-order valence-corrected chi connectivity index (χ1v) is 11.3. The van der Waals surface area contributed by atoms with E-state index in [4.69, 9.17) is 0 Å². The van der Waals surface area contributed by atoms with E-state index in [0.717, 1.165) is 14.9 Å². The second kappa shape index (κ2) is 7.99. The number of sulfonamides is 1. The van der Waals surface area contributed by atoms with Gasteiger partial charge in [0.05, 0.1) is 15.9 Å². The maximum absolute atomic E-state index is 13.4. The second-order valence-electron chi connectivity index (χ2n) is 7.65. The monoisotopic (exact) mass is 460 g/mol. The Morgan fingerprint density at radius 2 is 1.72 bits per heavy atom. The maximum Gasteiger partial charge on any atom is 0.316 e. The highest BCUT2D eigenvalue weighted by Gasteiger charge is 2.39. The number of anilines is 1. The summed E-state index contributed by atoms with van der Waals surface area (Å²) in [6.07, 6.45) is 0.808. The van der Waals surface area contributed by atoms with Crippen molar-refractivity contribution in [3.8, 4) is 0 Å². The summed E-state index contributed by atoms with van der Waals surface area (Å²) >= 11 is 0. The number of fused-ring (bicyclic) bond motifs is 1. The Kier molecular flexibility index (Phi) is 5.47. The number of hydrogen-bond acceptors (Lipinski definition) is 5. The van der Waals surface area contributed by atoms with Gasteiger partial charge in [-0.3, -0.25) is 14.4 Å². The molecule has 1 N–H and O–H groups in total. The molecule has 2 heterocycles. The van der Waals surface area contributed by atoms with Gasteiger partial charge in [0.15, 0.2) is 0 Å². The Morgan fingerprint density at radius 1 is 1.03 bits per heavy atom. The van der Waals surface area contributed by atoms with Crippen LogP contribution in [0.2, 0.25) is 0 Å². The zero-order chi connectivity index (χ0) is 23.2. The standard InChI is InChI=1S/C21H21FN4O5S/c1-24-16-9-8-15(12-18(16)25(2)21(29)20(24)28)32(30,31)26-10-4-7-17(26)19(27)23-14-6-3-5-13(22)11-14/h3,5-6,8-9,11-12,17H,4,7,10H2,1-2H3,(H,23,27)/t17-/m0/s1. The number of amides is 1. The van der Waals surface area contributed by atoms with Gasteiger partial charge in [-0.2, -0.15) is 4.31 Å². The van der Waals surface area contributed by atoms with E-state index in [2.05, 4.69) is 5.32 Å². The zero-order valence-electron chi connectivity index (χ0n) is 17.4. The first kappa shape index (κ1) is 21.9. The van der Waals surface area contributed by atoms with Gasteiger partial charge in [0.2, 0.25) is 15.9 Å². The van der Waals surface area contributed by atoms with Gasteiger partial charge >= 0.3 is 11.1 Å². The van der Waals surface area contributed by atoms with Gasteiger partial charge in [-0.15, -0.1) is 0 Å². The van der Waals surface area contributed by atoms with Crippen LogP contribution in [0.3, 0.4) is 0 Å². The molecule has 0 saturated carbocycles. The smallest absolute Gasteiger partial charge is 0.316 e. The molecule has 11 heteroatoms. The molecule has 1 aliphatic rings. The van der Waals surface area contributed by atoms with Crippen molar-refractivity contribution >= 4 is 32.7 Å². The van der Waals surface area contributed by atoms with Gasteiger partial charge in [0.1, 0.15) is 11.9 Å². The number of nitrogens with one attached hydrogen (secondary N) is 1. The molecule has 32 heavy (non-hydrogen) atoms. The Morgan fingerprint density at radius 3 is 2.41 bits per heavy atom. The number of aromatic nitrogens is 2. The summed E-state index contributed by atoms with van der Waals surface area (Å²) in [5.41, 5.74) is -0.579. The summed E-state index contributed by atoms with van der Waals surface area (Å²) in [5, 5.41) is 2.57. The minimum atomic E-state index is -4.08. The highest BCUT2D eigenvalue weighted by Crippen LogP contribution is 2.28. The molecule has 1 aliphatic heterocycles. The number of benzene rings is 2. The lowest BCUT2D eigenvalue weighted by Crippen LogP contribution is -2.43. The lowest BCUT2D eigenvalue weighted by atomic mass is 10.2. The number of carbonyl (C=O) groups is 1. The second-order valence-corrected chi connectivity index (χ2v) is 9.54.